The average molecular weight is 333 g/mol. The Morgan fingerprint density at radius 3 is 2.33 bits per heavy atom. The Hall–Kier alpha value is -0.780. The standard InChI is InChI=1S/C15H21ClO4S/c1-10-7-13(21(16,17)18)8-11(2)14(10)19-9-12-5-6-15(3,4)20-12/h7-8,12H,5-6,9H2,1-4H3. The number of ether oxygens (including phenoxy) is 2. The highest BCUT2D eigenvalue weighted by Crippen LogP contribution is 2.32. The monoisotopic (exact) mass is 332 g/mol. The van der Waals surface area contributed by atoms with Crippen LogP contribution in [0.3, 0.4) is 0 Å². The fraction of sp³-hybridized carbons (Fsp3) is 0.600. The lowest BCUT2D eigenvalue weighted by Gasteiger charge is -2.20. The first-order chi connectivity index (χ1) is 9.58. The van der Waals surface area contributed by atoms with Crippen molar-refractivity contribution in [1.29, 1.82) is 0 Å². The van der Waals surface area contributed by atoms with E-state index in [1.807, 2.05) is 13.8 Å². The largest absolute Gasteiger partial charge is 0.490 e. The molecule has 1 aromatic rings. The fourth-order valence-corrected chi connectivity index (χ4v) is 3.55. The van der Waals surface area contributed by atoms with Crippen LogP contribution in [0.1, 0.15) is 37.8 Å². The molecular weight excluding hydrogens is 312 g/mol. The maximum atomic E-state index is 11.4. The molecule has 1 fully saturated rings. The van der Waals surface area contributed by atoms with Crippen molar-refractivity contribution in [1.82, 2.24) is 0 Å². The van der Waals surface area contributed by atoms with Crippen LogP contribution in [0.15, 0.2) is 17.0 Å². The van der Waals surface area contributed by atoms with E-state index in [0.717, 1.165) is 24.0 Å². The first-order valence-corrected chi connectivity index (χ1v) is 9.26. The molecule has 0 amide bonds. The Morgan fingerprint density at radius 1 is 1.33 bits per heavy atom. The molecule has 21 heavy (non-hydrogen) atoms. The quantitative estimate of drug-likeness (QED) is 0.791. The highest BCUT2D eigenvalue weighted by atomic mass is 35.7. The maximum absolute atomic E-state index is 11.4. The van der Waals surface area contributed by atoms with E-state index in [-0.39, 0.29) is 16.6 Å². The minimum Gasteiger partial charge on any atom is -0.490 e. The predicted octanol–water partition coefficient (Wildman–Crippen LogP) is 3.57. The Bertz CT molecular complexity index is 614. The van der Waals surface area contributed by atoms with Gasteiger partial charge in [-0.25, -0.2) is 8.42 Å². The summed E-state index contributed by atoms with van der Waals surface area (Å²) in [7, 11) is 1.66. The van der Waals surface area contributed by atoms with E-state index in [1.165, 1.54) is 12.1 Å². The van der Waals surface area contributed by atoms with Crippen LogP contribution in [0, 0.1) is 13.8 Å². The SMILES string of the molecule is Cc1cc(S(=O)(=O)Cl)cc(C)c1OCC1CCC(C)(C)O1. The van der Waals surface area contributed by atoms with Gasteiger partial charge in [0.2, 0.25) is 0 Å². The van der Waals surface area contributed by atoms with Gasteiger partial charge in [0.05, 0.1) is 16.6 Å². The molecule has 6 heteroatoms. The molecule has 2 rings (SSSR count). The average Bonchev–Trinajstić information content (AvgIpc) is 2.66. The van der Waals surface area contributed by atoms with Crippen LogP contribution in [0.25, 0.3) is 0 Å². The lowest BCUT2D eigenvalue weighted by atomic mass is 10.1. The Kier molecular flexibility index (Phi) is 4.57. The number of hydrogen-bond donors (Lipinski definition) is 0. The zero-order valence-electron chi connectivity index (χ0n) is 12.8. The molecule has 0 N–H and O–H groups in total. The van der Waals surface area contributed by atoms with Gasteiger partial charge in [0.15, 0.2) is 0 Å². The minimum atomic E-state index is -3.72. The molecule has 1 atom stereocenters. The van der Waals surface area contributed by atoms with E-state index in [0.29, 0.717) is 12.4 Å². The van der Waals surface area contributed by atoms with Gasteiger partial charge < -0.3 is 9.47 Å². The summed E-state index contributed by atoms with van der Waals surface area (Å²) in [6, 6.07) is 3.06. The Morgan fingerprint density at radius 2 is 1.90 bits per heavy atom. The number of aryl methyl sites for hydroxylation is 2. The molecule has 1 aliphatic rings. The van der Waals surface area contributed by atoms with Crippen LogP contribution in [-0.4, -0.2) is 26.7 Å². The third kappa shape index (κ3) is 4.11. The van der Waals surface area contributed by atoms with Crippen molar-refractivity contribution in [2.75, 3.05) is 6.61 Å². The number of halogens is 1. The minimum absolute atomic E-state index is 0.0789. The van der Waals surface area contributed by atoms with Gasteiger partial charge >= 0.3 is 0 Å². The summed E-state index contributed by atoms with van der Waals surface area (Å²) in [4.78, 5) is 0.102. The molecule has 0 spiro atoms. The molecule has 1 aromatic carbocycles. The zero-order chi connectivity index (χ0) is 15.8. The van der Waals surface area contributed by atoms with Gasteiger partial charge in [-0.1, -0.05) is 0 Å². The first kappa shape index (κ1) is 16.6. The van der Waals surface area contributed by atoms with Gasteiger partial charge in [0, 0.05) is 10.7 Å². The van der Waals surface area contributed by atoms with Crippen molar-refractivity contribution in [2.45, 2.75) is 57.1 Å². The zero-order valence-corrected chi connectivity index (χ0v) is 14.3. The normalized spacial score (nSPS) is 21.5. The number of rotatable bonds is 4. The van der Waals surface area contributed by atoms with Crippen molar-refractivity contribution in [3.8, 4) is 5.75 Å². The third-order valence-electron chi connectivity index (χ3n) is 3.68. The van der Waals surface area contributed by atoms with Crippen LogP contribution in [0.4, 0.5) is 0 Å². The lowest BCUT2D eigenvalue weighted by Crippen LogP contribution is -2.24. The van der Waals surface area contributed by atoms with Gasteiger partial charge in [0.1, 0.15) is 12.4 Å². The maximum Gasteiger partial charge on any atom is 0.261 e. The molecule has 118 valence electrons. The topological polar surface area (TPSA) is 52.6 Å². The van der Waals surface area contributed by atoms with E-state index in [2.05, 4.69) is 13.8 Å². The van der Waals surface area contributed by atoms with Gasteiger partial charge in [-0.2, -0.15) is 0 Å². The smallest absolute Gasteiger partial charge is 0.261 e. The second-order valence-corrected chi connectivity index (χ2v) is 8.74. The van der Waals surface area contributed by atoms with Crippen molar-refractivity contribution >= 4 is 19.7 Å². The van der Waals surface area contributed by atoms with Crippen molar-refractivity contribution in [3.05, 3.63) is 23.3 Å². The molecule has 1 heterocycles. The van der Waals surface area contributed by atoms with Crippen LogP contribution in [0.5, 0.6) is 5.75 Å². The number of hydrogen-bond acceptors (Lipinski definition) is 4. The van der Waals surface area contributed by atoms with E-state index < -0.39 is 9.05 Å². The predicted molar refractivity (Wildman–Crippen MR) is 82.6 cm³/mol. The Balaban J connectivity index is 2.11. The van der Waals surface area contributed by atoms with E-state index in [9.17, 15) is 8.42 Å². The number of benzene rings is 1. The summed E-state index contributed by atoms with van der Waals surface area (Å²) in [5.74, 6) is 0.701. The van der Waals surface area contributed by atoms with Crippen LogP contribution in [0.2, 0.25) is 0 Å². The molecule has 0 saturated carbocycles. The van der Waals surface area contributed by atoms with Crippen molar-refractivity contribution < 1.29 is 17.9 Å². The van der Waals surface area contributed by atoms with Gasteiger partial charge in [0.25, 0.3) is 9.05 Å². The molecule has 1 unspecified atom stereocenters. The fourth-order valence-electron chi connectivity index (χ4n) is 2.65. The molecule has 0 aromatic heterocycles. The van der Waals surface area contributed by atoms with Crippen LogP contribution < -0.4 is 4.74 Å². The second-order valence-electron chi connectivity index (χ2n) is 6.17. The van der Waals surface area contributed by atoms with E-state index in [4.69, 9.17) is 20.2 Å². The molecule has 0 bridgehead atoms. The molecule has 4 nitrogen and oxygen atoms in total. The van der Waals surface area contributed by atoms with Crippen LogP contribution in [-0.2, 0) is 13.8 Å². The summed E-state index contributed by atoms with van der Waals surface area (Å²) >= 11 is 0. The van der Waals surface area contributed by atoms with E-state index >= 15 is 0 Å². The molecule has 0 radical (unpaired) electrons. The Labute approximate surface area is 130 Å². The lowest BCUT2D eigenvalue weighted by molar-refractivity contribution is -0.0328. The summed E-state index contributed by atoms with van der Waals surface area (Å²) in [5, 5.41) is 0. The molecule has 1 aliphatic heterocycles. The summed E-state index contributed by atoms with van der Waals surface area (Å²) in [6.45, 7) is 8.24. The summed E-state index contributed by atoms with van der Waals surface area (Å²) < 4.78 is 34.5. The van der Waals surface area contributed by atoms with Gasteiger partial charge in [-0.15, -0.1) is 0 Å². The first-order valence-electron chi connectivity index (χ1n) is 6.95. The molecular formula is C15H21ClO4S. The highest BCUT2D eigenvalue weighted by Gasteiger charge is 2.32. The second kappa shape index (κ2) is 5.78. The van der Waals surface area contributed by atoms with Crippen molar-refractivity contribution in [2.24, 2.45) is 0 Å². The van der Waals surface area contributed by atoms with E-state index in [1.54, 1.807) is 0 Å². The highest BCUT2D eigenvalue weighted by molar-refractivity contribution is 8.13. The molecule has 0 aliphatic carbocycles. The van der Waals surface area contributed by atoms with Gasteiger partial charge in [-0.3, -0.25) is 0 Å². The summed E-state index contributed by atoms with van der Waals surface area (Å²) in [6.07, 6.45) is 2.07. The molecule has 1 saturated heterocycles. The van der Waals surface area contributed by atoms with Crippen molar-refractivity contribution in [3.63, 3.8) is 0 Å². The summed E-state index contributed by atoms with van der Waals surface area (Å²) in [5.41, 5.74) is 1.42. The van der Waals surface area contributed by atoms with Gasteiger partial charge in [-0.05, 0) is 63.8 Å². The van der Waals surface area contributed by atoms with Crippen LogP contribution >= 0.6 is 10.7 Å². The third-order valence-corrected chi connectivity index (χ3v) is 5.02.